The van der Waals surface area contributed by atoms with Crippen molar-refractivity contribution in [2.24, 2.45) is 0 Å². The Morgan fingerprint density at radius 2 is 2.29 bits per heavy atom. The number of hydrogen-bond donors (Lipinski definition) is 1. The Bertz CT molecular complexity index is 426. The second-order valence-corrected chi connectivity index (χ2v) is 4.94. The third kappa shape index (κ3) is 2.05. The van der Waals surface area contributed by atoms with Crippen LogP contribution < -0.4 is 5.73 Å². The lowest BCUT2D eigenvalue weighted by Crippen LogP contribution is -1.92. The van der Waals surface area contributed by atoms with Gasteiger partial charge in [0.2, 0.25) is 0 Å². The Morgan fingerprint density at radius 3 is 2.93 bits per heavy atom. The van der Waals surface area contributed by atoms with E-state index in [1.165, 1.54) is 11.8 Å². The van der Waals surface area contributed by atoms with E-state index >= 15 is 0 Å². The third-order valence-corrected chi connectivity index (χ3v) is 3.53. The quantitative estimate of drug-likeness (QED) is 0.850. The summed E-state index contributed by atoms with van der Waals surface area (Å²) in [5.41, 5.74) is 7.62. The first-order valence-corrected chi connectivity index (χ1v) is 5.75. The molecular weight excluding hydrogens is 214 g/mol. The van der Waals surface area contributed by atoms with Gasteiger partial charge in [0.25, 0.3) is 0 Å². The number of hydrogen-bond acceptors (Lipinski definition) is 5. The number of nitrogen functional groups attached to an aromatic ring is 1. The number of aryl methyl sites for hydroxylation is 1. The van der Waals surface area contributed by atoms with Crippen molar-refractivity contribution in [1.29, 1.82) is 0 Å². The van der Waals surface area contributed by atoms with Crippen LogP contribution in [0.25, 0.3) is 0 Å². The van der Waals surface area contributed by atoms with Gasteiger partial charge in [-0.15, -0.1) is 11.3 Å². The molecule has 0 aliphatic carbocycles. The molecule has 0 saturated carbocycles. The third-order valence-electron chi connectivity index (χ3n) is 1.61. The topological polar surface area (TPSA) is 51.8 Å². The normalized spacial score (nSPS) is 10.4. The molecule has 2 aromatic heterocycles. The molecular formula is C9H9N3S2. The van der Waals surface area contributed by atoms with Crippen LogP contribution >= 0.6 is 23.1 Å². The summed E-state index contributed by atoms with van der Waals surface area (Å²) < 4.78 is 0.966. The van der Waals surface area contributed by atoms with E-state index in [-0.39, 0.29) is 0 Å². The van der Waals surface area contributed by atoms with E-state index in [2.05, 4.69) is 9.97 Å². The summed E-state index contributed by atoms with van der Waals surface area (Å²) in [5.74, 6) is 0. The van der Waals surface area contributed by atoms with Crippen LogP contribution in [0.3, 0.4) is 0 Å². The molecule has 14 heavy (non-hydrogen) atoms. The summed E-state index contributed by atoms with van der Waals surface area (Å²) >= 11 is 3.09. The summed E-state index contributed by atoms with van der Waals surface area (Å²) in [6, 6.07) is 1.92. The molecule has 0 aliphatic rings. The molecule has 2 rings (SSSR count). The van der Waals surface area contributed by atoms with Crippen molar-refractivity contribution in [2.45, 2.75) is 16.3 Å². The highest BCUT2D eigenvalue weighted by molar-refractivity contribution is 8.01. The average molecular weight is 223 g/mol. The van der Waals surface area contributed by atoms with Gasteiger partial charge in [0.05, 0.1) is 5.69 Å². The number of nitrogens with zero attached hydrogens (tertiary/aromatic N) is 2. The zero-order valence-electron chi connectivity index (χ0n) is 7.60. The van der Waals surface area contributed by atoms with E-state index in [1.54, 1.807) is 17.5 Å². The molecule has 0 radical (unpaired) electrons. The molecule has 0 spiro atoms. The summed E-state index contributed by atoms with van der Waals surface area (Å²) in [5, 5.41) is 2.76. The molecule has 0 saturated heterocycles. The predicted molar refractivity (Wildman–Crippen MR) is 59.6 cm³/mol. The monoisotopic (exact) mass is 223 g/mol. The minimum Gasteiger partial charge on any atom is -0.397 e. The van der Waals surface area contributed by atoms with Gasteiger partial charge >= 0.3 is 0 Å². The van der Waals surface area contributed by atoms with Gasteiger partial charge in [-0.1, -0.05) is 0 Å². The highest BCUT2D eigenvalue weighted by Gasteiger charge is 2.04. The van der Waals surface area contributed by atoms with E-state index in [9.17, 15) is 0 Å². The Morgan fingerprint density at radius 1 is 1.43 bits per heavy atom. The smallest absolute Gasteiger partial charge is 0.156 e. The molecule has 0 fully saturated rings. The Balaban J connectivity index is 2.25. The van der Waals surface area contributed by atoms with E-state index in [0.717, 1.165) is 14.9 Å². The van der Waals surface area contributed by atoms with Crippen molar-refractivity contribution in [3.05, 3.63) is 29.4 Å². The largest absolute Gasteiger partial charge is 0.397 e. The molecule has 0 aliphatic heterocycles. The summed E-state index contributed by atoms with van der Waals surface area (Å²) in [6.07, 6.45) is 3.59. The van der Waals surface area contributed by atoms with Gasteiger partial charge in [-0.2, -0.15) is 0 Å². The van der Waals surface area contributed by atoms with Crippen molar-refractivity contribution in [3.8, 4) is 0 Å². The highest BCUT2D eigenvalue weighted by Crippen LogP contribution is 2.31. The van der Waals surface area contributed by atoms with Crippen LogP contribution in [0.2, 0.25) is 0 Å². The molecule has 2 N–H and O–H groups in total. The Kier molecular flexibility index (Phi) is 2.69. The molecule has 0 unspecified atom stereocenters. The SMILES string of the molecule is Cc1cnc(Sc2nccs2)c(N)c1. The van der Waals surface area contributed by atoms with E-state index in [0.29, 0.717) is 5.69 Å². The number of thiazole rings is 1. The van der Waals surface area contributed by atoms with Gasteiger partial charge in [0.1, 0.15) is 5.03 Å². The molecule has 0 amide bonds. The first-order chi connectivity index (χ1) is 6.75. The number of anilines is 1. The summed E-state index contributed by atoms with van der Waals surface area (Å²) in [7, 11) is 0. The van der Waals surface area contributed by atoms with Gasteiger partial charge in [0.15, 0.2) is 4.34 Å². The zero-order chi connectivity index (χ0) is 9.97. The van der Waals surface area contributed by atoms with Crippen LogP contribution in [-0.4, -0.2) is 9.97 Å². The first kappa shape index (κ1) is 9.48. The van der Waals surface area contributed by atoms with Crippen LogP contribution in [0.15, 0.2) is 33.2 Å². The van der Waals surface area contributed by atoms with Crippen LogP contribution in [-0.2, 0) is 0 Å². The lowest BCUT2D eigenvalue weighted by atomic mass is 10.3. The van der Waals surface area contributed by atoms with E-state index in [1.807, 2.05) is 24.6 Å². The van der Waals surface area contributed by atoms with Crippen LogP contribution in [0.4, 0.5) is 5.69 Å². The van der Waals surface area contributed by atoms with Gasteiger partial charge in [-0.05, 0) is 30.3 Å². The Hall–Kier alpha value is -1.07. The zero-order valence-corrected chi connectivity index (χ0v) is 9.23. The van der Waals surface area contributed by atoms with Gasteiger partial charge in [-0.25, -0.2) is 9.97 Å². The fraction of sp³-hybridized carbons (Fsp3) is 0.111. The number of rotatable bonds is 2. The maximum atomic E-state index is 5.83. The van der Waals surface area contributed by atoms with Gasteiger partial charge < -0.3 is 5.73 Å². The molecule has 2 aromatic rings. The lowest BCUT2D eigenvalue weighted by molar-refractivity contribution is 1.11. The van der Waals surface area contributed by atoms with Gasteiger partial charge in [-0.3, -0.25) is 0 Å². The van der Waals surface area contributed by atoms with Crippen molar-refractivity contribution < 1.29 is 0 Å². The number of aromatic nitrogens is 2. The second kappa shape index (κ2) is 3.98. The fourth-order valence-electron chi connectivity index (χ4n) is 1.01. The molecule has 2 heterocycles. The first-order valence-electron chi connectivity index (χ1n) is 4.05. The Labute approximate surface area is 90.4 Å². The lowest BCUT2D eigenvalue weighted by Gasteiger charge is -2.02. The van der Waals surface area contributed by atoms with Crippen LogP contribution in [0, 0.1) is 6.92 Å². The van der Waals surface area contributed by atoms with Crippen LogP contribution in [0.5, 0.6) is 0 Å². The number of nitrogens with two attached hydrogens (primary N) is 1. The van der Waals surface area contributed by atoms with Crippen molar-refractivity contribution in [3.63, 3.8) is 0 Å². The van der Waals surface area contributed by atoms with E-state index < -0.39 is 0 Å². The molecule has 72 valence electrons. The summed E-state index contributed by atoms with van der Waals surface area (Å²) in [6.45, 7) is 1.97. The van der Waals surface area contributed by atoms with Crippen molar-refractivity contribution in [1.82, 2.24) is 9.97 Å². The molecule has 5 heteroatoms. The van der Waals surface area contributed by atoms with Crippen LogP contribution in [0.1, 0.15) is 5.56 Å². The maximum Gasteiger partial charge on any atom is 0.156 e. The fourth-order valence-corrected chi connectivity index (χ4v) is 2.52. The minimum atomic E-state index is 0.713. The standard InChI is InChI=1S/C9H9N3S2/c1-6-4-7(10)8(12-5-6)14-9-11-2-3-13-9/h2-5H,10H2,1H3. The van der Waals surface area contributed by atoms with Gasteiger partial charge in [0, 0.05) is 17.8 Å². The minimum absolute atomic E-state index is 0.713. The second-order valence-electron chi connectivity index (χ2n) is 2.81. The maximum absolute atomic E-state index is 5.83. The van der Waals surface area contributed by atoms with Crippen molar-refractivity contribution >= 4 is 28.8 Å². The predicted octanol–water partition coefficient (Wildman–Crippen LogP) is 2.58. The molecule has 3 nitrogen and oxygen atoms in total. The summed E-state index contributed by atoms with van der Waals surface area (Å²) in [4.78, 5) is 8.42. The molecule has 0 aromatic carbocycles. The van der Waals surface area contributed by atoms with E-state index in [4.69, 9.17) is 5.73 Å². The van der Waals surface area contributed by atoms with Crippen molar-refractivity contribution in [2.75, 3.05) is 5.73 Å². The number of pyridine rings is 1. The average Bonchev–Trinajstić information content (AvgIpc) is 2.62. The molecule has 0 bridgehead atoms. The molecule has 0 atom stereocenters. The highest BCUT2D eigenvalue weighted by atomic mass is 32.2.